The molecule has 2 aliphatic heterocycles. The van der Waals surface area contributed by atoms with Crippen LogP contribution in [0.5, 0.6) is 0 Å². The molecule has 1 amide bonds. The Hall–Kier alpha value is -1.71. The Morgan fingerprint density at radius 1 is 1.00 bits per heavy atom. The molecule has 24 heavy (non-hydrogen) atoms. The van der Waals surface area contributed by atoms with Gasteiger partial charge in [0.2, 0.25) is 5.91 Å². The molecule has 132 valence electrons. The molecule has 0 aromatic heterocycles. The van der Waals surface area contributed by atoms with Crippen molar-refractivity contribution < 1.29 is 4.79 Å². The van der Waals surface area contributed by atoms with Crippen molar-refractivity contribution in [3.63, 3.8) is 0 Å². The van der Waals surface area contributed by atoms with E-state index in [0.717, 1.165) is 31.9 Å². The second-order valence-corrected chi connectivity index (χ2v) is 8.38. The minimum atomic E-state index is 0.00442. The highest BCUT2D eigenvalue weighted by Crippen LogP contribution is 2.34. The third kappa shape index (κ3) is 4.22. The fourth-order valence-electron chi connectivity index (χ4n) is 3.71. The quantitative estimate of drug-likeness (QED) is 0.896. The molecular weight excluding hydrogens is 298 g/mol. The Balaban J connectivity index is 1.83. The average molecular weight is 329 g/mol. The first-order valence-corrected chi connectivity index (χ1v) is 9.36. The van der Waals surface area contributed by atoms with Crippen molar-refractivity contribution in [2.75, 3.05) is 41.3 Å². The topological polar surface area (TPSA) is 35.6 Å². The molecular formula is C20H31N3O. The normalized spacial score (nSPS) is 18.3. The summed E-state index contributed by atoms with van der Waals surface area (Å²) < 4.78 is 0. The number of nitrogens with one attached hydrogen (secondary N) is 1. The predicted molar refractivity (Wildman–Crippen MR) is 102 cm³/mol. The lowest BCUT2D eigenvalue weighted by Crippen LogP contribution is -2.24. The Kier molecular flexibility index (Phi) is 5.02. The molecule has 2 heterocycles. The van der Waals surface area contributed by atoms with Crippen molar-refractivity contribution in [3.8, 4) is 0 Å². The fourth-order valence-corrected chi connectivity index (χ4v) is 3.71. The largest absolute Gasteiger partial charge is 0.371 e. The van der Waals surface area contributed by atoms with E-state index in [-0.39, 0.29) is 11.3 Å². The van der Waals surface area contributed by atoms with Crippen molar-refractivity contribution in [1.82, 2.24) is 0 Å². The van der Waals surface area contributed by atoms with Gasteiger partial charge in [-0.15, -0.1) is 0 Å². The van der Waals surface area contributed by atoms with E-state index in [1.54, 1.807) is 0 Å². The minimum absolute atomic E-state index is 0.00442. The standard InChI is InChI=1S/C20H31N3O/c1-20(2,3)15-19(24)21-17-14-16(22-10-4-5-11-22)8-9-18(17)23-12-6-7-13-23/h8-9,14H,4-7,10-13,15H2,1-3H3,(H,21,24). The first-order valence-electron chi connectivity index (χ1n) is 9.36. The first kappa shape index (κ1) is 17.1. The van der Waals surface area contributed by atoms with E-state index in [2.05, 4.69) is 54.1 Å². The summed E-state index contributed by atoms with van der Waals surface area (Å²) in [4.78, 5) is 17.3. The van der Waals surface area contributed by atoms with Crippen LogP contribution in [-0.4, -0.2) is 32.1 Å². The lowest BCUT2D eigenvalue weighted by atomic mass is 9.92. The van der Waals surface area contributed by atoms with Crippen molar-refractivity contribution in [2.45, 2.75) is 52.9 Å². The fraction of sp³-hybridized carbons (Fsp3) is 0.650. The van der Waals surface area contributed by atoms with E-state index in [0.29, 0.717) is 6.42 Å². The first-order chi connectivity index (χ1) is 11.4. The highest BCUT2D eigenvalue weighted by atomic mass is 16.1. The molecule has 1 N–H and O–H groups in total. The van der Waals surface area contributed by atoms with E-state index in [4.69, 9.17) is 0 Å². The molecule has 3 rings (SSSR count). The van der Waals surface area contributed by atoms with Gasteiger partial charge >= 0.3 is 0 Å². The smallest absolute Gasteiger partial charge is 0.224 e. The molecule has 1 aromatic rings. The van der Waals surface area contributed by atoms with Gasteiger partial charge in [0, 0.05) is 38.3 Å². The number of nitrogens with zero attached hydrogens (tertiary/aromatic N) is 2. The molecule has 0 aliphatic carbocycles. The van der Waals surface area contributed by atoms with E-state index in [1.807, 2.05) is 0 Å². The zero-order valence-electron chi connectivity index (χ0n) is 15.4. The molecule has 1 aromatic carbocycles. The lowest BCUT2D eigenvalue weighted by Gasteiger charge is -2.26. The van der Waals surface area contributed by atoms with Gasteiger partial charge in [0.05, 0.1) is 11.4 Å². The third-order valence-corrected chi connectivity index (χ3v) is 4.86. The van der Waals surface area contributed by atoms with Crippen molar-refractivity contribution in [3.05, 3.63) is 18.2 Å². The SMILES string of the molecule is CC(C)(C)CC(=O)Nc1cc(N2CCCC2)ccc1N1CCCC1. The van der Waals surface area contributed by atoms with Gasteiger partial charge in [-0.1, -0.05) is 20.8 Å². The number of amides is 1. The summed E-state index contributed by atoms with van der Waals surface area (Å²) in [7, 11) is 0. The van der Waals surface area contributed by atoms with Gasteiger partial charge in [-0.3, -0.25) is 4.79 Å². The highest BCUT2D eigenvalue weighted by molar-refractivity contribution is 5.95. The number of hydrogen-bond acceptors (Lipinski definition) is 3. The third-order valence-electron chi connectivity index (χ3n) is 4.86. The van der Waals surface area contributed by atoms with Gasteiger partial charge in [-0.25, -0.2) is 0 Å². The molecule has 0 radical (unpaired) electrons. The number of rotatable bonds is 4. The summed E-state index contributed by atoms with van der Waals surface area (Å²) in [5.74, 6) is 0.113. The molecule has 0 spiro atoms. The molecule has 2 fully saturated rings. The Morgan fingerprint density at radius 3 is 2.17 bits per heavy atom. The maximum atomic E-state index is 12.5. The Labute approximate surface area is 146 Å². The number of carbonyl (C=O) groups is 1. The van der Waals surface area contributed by atoms with Gasteiger partial charge in [-0.2, -0.15) is 0 Å². The molecule has 0 unspecified atom stereocenters. The van der Waals surface area contributed by atoms with Crippen LogP contribution >= 0.6 is 0 Å². The Bertz CT molecular complexity index is 579. The predicted octanol–water partition coefficient (Wildman–Crippen LogP) is 4.26. The number of hydrogen-bond donors (Lipinski definition) is 1. The van der Waals surface area contributed by atoms with Crippen LogP contribution in [0.4, 0.5) is 17.1 Å². The number of benzene rings is 1. The van der Waals surface area contributed by atoms with Crippen LogP contribution in [-0.2, 0) is 4.79 Å². The molecule has 0 saturated carbocycles. The van der Waals surface area contributed by atoms with Crippen LogP contribution in [0.3, 0.4) is 0 Å². The van der Waals surface area contributed by atoms with Gasteiger partial charge < -0.3 is 15.1 Å². The van der Waals surface area contributed by atoms with Crippen LogP contribution in [0.15, 0.2) is 18.2 Å². The maximum absolute atomic E-state index is 12.5. The van der Waals surface area contributed by atoms with E-state index >= 15 is 0 Å². The van der Waals surface area contributed by atoms with Gasteiger partial charge in [-0.05, 0) is 49.3 Å². The Morgan fingerprint density at radius 2 is 1.58 bits per heavy atom. The molecule has 0 atom stereocenters. The van der Waals surface area contributed by atoms with Crippen LogP contribution in [0.25, 0.3) is 0 Å². The summed E-state index contributed by atoms with van der Waals surface area (Å²) in [5, 5.41) is 3.20. The molecule has 4 heteroatoms. The lowest BCUT2D eigenvalue weighted by molar-refractivity contribution is -0.117. The molecule has 4 nitrogen and oxygen atoms in total. The number of anilines is 3. The van der Waals surface area contributed by atoms with E-state index < -0.39 is 0 Å². The monoisotopic (exact) mass is 329 g/mol. The summed E-state index contributed by atoms with van der Waals surface area (Å²) >= 11 is 0. The summed E-state index contributed by atoms with van der Waals surface area (Å²) in [6.07, 6.45) is 5.55. The second kappa shape index (κ2) is 7.04. The van der Waals surface area contributed by atoms with E-state index in [1.165, 1.54) is 37.1 Å². The zero-order chi connectivity index (χ0) is 17.2. The van der Waals surface area contributed by atoms with Crippen molar-refractivity contribution >= 4 is 23.0 Å². The zero-order valence-corrected chi connectivity index (χ0v) is 15.4. The average Bonchev–Trinajstić information content (AvgIpc) is 3.19. The minimum Gasteiger partial charge on any atom is -0.371 e. The van der Waals surface area contributed by atoms with Gasteiger partial charge in [0.15, 0.2) is 0 Å². The maximum Gasteiger partial charge on any atom is 0.224 e. The van der Waals surface area contributed by atoms with Gasteiger partial charge in [0.1, 0.15) is 0 Å². The molecule has 2 saturated heterocycles. The molecule has 0 bridgehead atoms. The van der Waals surface area contributed by atoms with E-state index in [9.17, 15) is 4.79 Å². The van der Waals surface area contributed by atoms with Gasteiger partial charge in [0.25, 0.3) is 0 Å². The van der Waals surface area contributed by atoms with Crippen LogP contribution in [0.1, 0.15) is 52.9 Å². The summed E-state index contributed by atoms with van der Waals surface area (Å²) in [6.45, 7) is 10.7. The van der Waals surface area contributed by atoms with Crippen LogP contribution < -0.4 is 15.1 Å². The molecule has 2 aliphatic rings. The van der Waals surface area contributed by atoms with Crippen LogP contribution in [0.2, 0.25) is 0 Å². The second-order valence-electron chi connectivity index (χ2n) is 8.38. The number of carbonyl (C=O) groups excluding carboxylic acids is 1. The van der Waals surface area contributed by atoms with Crippen molar-refractivity contribution in [2.24, 2.45) is 5.41 Å². The summed E-state index contributed by atoms with van der Waals surface area (Å²) in [6, 6.07) is 6.60. The van der Waals surface area contributed by atoms with Crippen molar-refractivity contribution in [1.29, 1.82) is 0 Å². The summed E-state index contributed by atoms with van der Waals surface area (Å²) in [5.41, 5.74) is 3.40. The van der Waals surface area contributed by atoms with Crippen LogP contribution in [0, 0.1) is 5.41 Å². The highest BCUT2D eigenvalue weighted by Gasteiger charge is 2.21.